The third-order valence-electron chi connectivity index (χ3n) is 5.88. The molecule has 1 N–H and O–H groups in total. The Kier molecular flexibility index (Phi) is 6.56. The van der Waals surface area contributed by atoms with Crippen LogP contribution in [0, 0.1) is 0 Å². The number of piperazine rings is 1. The van der Waals surface area contributed by atoms with Crippen molar-refractivity contribution in [2.45, 2.75) is 44.9 Å². The quantitative estimate of drug-likeness (QED) is 0.805. The van der Waals surface area contributed by atoms with Gasteiger partial charge in [0.25, 0.3) is 0 Å². The van der Waals surface area contributed by atoms with E-state index in [9.17, 15) is 5.11 Å². The summed E-state index contributed by atoms with van der Waals surface area (Å²) in [6.45, 7) is 12.1. The van der Waals surface area contributed by atoms with E-state index in [1.54, 1.807) is 0 Å². The number of hydrogen-bond acceptors (Lipinski definition) is 5. The second kappa shape index (κ2) is 8.70. The van der Waals surface area contributed by atoms with E-state index < -0.39 is 6.10 Å². The van der Waals surface area contributed by atoms with Crippen LogP contribution in [0.1, 0.15) is 32.3 Å². The maximum absolute atomic E-state index is 10.2. The molecule has 2 aliphatic rings. The van der Waals surface area contributed by atoms with Crippen molar-refractivity contribution in [2.24, 2.45) is 0 Å². The molecule has 146 valence electrons. The Balaban J connectivity index is 1.41. The molecule has 0 spiro atoms. The average molecular weight is 362 g/mol. The predicted octanol–water partition coefficient (Wildman–Crippen LogP) is 2.05. The predicted molar refractivity (Wildman–Crippen MR) is 106 cm³/mol. The van der Waals surface area contributed by atoms with Gasteiger partial charge in [-0.15, -0.1) is 0 Å². The zero-order chi connectivity index (χ0) is 18.6. The number of ether oxygens (including phenoxy) is 1. The molecule has 0 bridgehead atoms. The second-order valence-corrected chi connectivity index (χ2v) is 8.55. The van der Waals surface area contributed by atoms with Gasteiger partial charge in [-0.3, -0.25) is 9.80 Å². The molecule has 0 saturated carbocycles. The molecule has 1 unspecified atom stereocenters. The number of aliphatic hydroxyl groups is 1. The summed E-state index contributed by atoms with van der Waals surface area (Å²) in [6, 6.07) is 8.36. The number of rotatable bonds is 7. The molecule has 5 heteroatoms. The molecule has 1 aromatic carbocycles. The summed E-state index contributed by atoms with van der Waals surface area (Å²) in [4.78, 5) is 7.20. The fourth-order valence-corrected chi connectivity index (χ4v) is 3.94. The van der Waals surface area contributed by atoms with Crippen molar-refractivity contribution in [3.63, 3.8) is 0 Å². The molecule has 0 aliphatic carbocycles. The summed E-state index contributed by atoms with van der Waals surface area (Å²) in [7, 11) is 2.14. The summed E-state index contributed by atoms with van der Waals surface area (Å²) < 4.78 is 5.80. The Morgan fingerprint density at radius 2 is 1.77 bits per heavy atom. The van der Waals surface area contributed by atoms with Crippen LogP contribution in [0.5, 0.6) is 5.75 Å². The van der Waals surface area contributed by atoms with Crippen LogP contribution in [-0.4, -0.2) is 84.4 Å². The van der Waals surface area contributed by atoms with E-state index >= 15 is 0 Å². The molecule has 2 heterocycles. The lowest BCUT2D eigenvalue weighted by Crippen LogP contribution is -2.47. The molecule has 2 saturated heterocycles. The average Bonchev–Trinajstić information content (AvgIpc) is 2.95. The minimum atomic E-state index is -0.441. The van der Waals surface area contributed by atoms with Crippen LogP contribution in [0.4, 0.5) is 0 Å². The molecule has 26 heavy (non-hydrogen) atoms. The van der Waals surface area contributed by atoms with Gasteiger partial charge >= 0.3 is 0 Å². The summed E-state index contributed by atoms with van der Waals surface area (Å²) in [6.07, 6.45) is 2.13. The van der Waals surface area contributed by atoms with E-state index in [1.165, 1.54) is 24.9 Å². The van der Waals surface area contributed by atoms with Crippen LogP contribution in [-0.2, 0) is 6.54 Å². The largest absolute Gasteiger partial charge is 0.491 e. The monoisotopic (exact) mass is 361 g/mol. The van der Waals surface area contributed by atoms with Crippen molar-refractivity contribution < 1.29 is 9.84 Å². The first-order valence-corrected chi connectivity index (χ1v) is 9.98. The second-order valence-electron chi connectivity index (χ2n) is 8.55. The van der Waals surface area contributed by atoms with Crippen molar-refractivity contribution in [3.8, 4) is 5.75 Å². The first kappa shape index (κ1) is 19.6. The standard InChI is InChI=1S/C21H35N3O2/c1-21(2)9-4-10-24(21)15-18-5-7-20(8-6-18)26-17-19(25)16-23-13-11-22(3)12-14-23/h5-8,19,25H,4,9-17H2,1-3H3. The highest BCUT2D eigenvalue weighted by Gasteiger charge is 2.31. The number of likely N-dealkylation sites (tertiary alicyclic amines) is 1. The SMILES string of the molecule is CN1CCN(CC(O)COc2ccc(CN3CCCC3(C)C)cc2)CC1. The molecule has 0 aromatic heterocycles. The number of hydrogen-bond donors (Lipinski definition) is 1. The number of aliphatic hydroxyl groups excluding tert-OH is 1. The van der Waals surface area contributed by atoms with Crippen molar-refractivity contribution in [1.29, 1.82) is 0 Å². The normalized spacial score (nSPS) is 23.2. The molecular formula is C21H35N3O2. The van der Waals surface area contributed by atoms with E-state index in [0.717, 1.165) is 38.5 Å². The lowest BCUT2D eigenvalue weighted by atomic mass is 10.0. The number of likely N-dealkylation sites (N-methyl/N-ethyl adjacent to an activating group) is 1. The van der Waals surface area contributed by atoms with Crippen LogP contribution in [0.25, 0.3) is 0 Å². The lowest BCUT2D eigenvalue weighted by Gasteiger charge is -2.33. The van der Waals surface area contributed by atoms with Crippen LogP contribution in [0.15, 0.2) is 24.3 Å². The molecular weight excluding hydrogens is 326 g/mol. The number of nitrogens with zero attached hydrogens (tertiary/aromatic N) is 3. The summed E-state index contributed by atoms with van der Waals surface area (Å²) in [5, 5.41) is 10.2. The zero-order valence-corrected chi connectivity index (χ0v) is 16.7. The van der Waals surface area contributed by atoms with Gasteiger partial charge in [0, 0.05) is 44.8 Å². The van der Waals surface area contributed by atoms with Gasteiger partial charge in [0.2, 0.25) is 0 Å². The van der Waals surface area contributed by atoms with Gasteiger partial charge in [0.05, 0.1) is 0 Å². The highest BCUT2D eigenvalue weighted by atomic mass is 16.5. The highest BCUT2D eigenvalue weighted by Crippen LogP contribution is 2.30. The van der Waals surface area contributed by atoms with Gasteiger partial charge in [-0.1, -0.05) is 12.1 Å². The Hall–Kier alpha value is -1.14. The molecule has 5 nitrogen and oxygen atoms in total. The van der Waals surface area contributed by atoms with Crippen molar-refractivity contribution in [2.75, 3.05) is 52.9 Å². The van der Waals surface area contributed by atoms with Gasteiger partial charge < -0.3 is 14.7 Å². The van der Waals surface area contributed by atoms with Crippen LogP contribution in [0.2, 0.25) is 0 Å². The Morgan fingerprint density at radius 3 is 2.38 bits per heavy atom. The van der Waals surface area contributed by atoms with Crippen LogP contribution < -0.4 is 4.74 Å². The molecule has 3 rings (SSSR count). The van der Waals surface area contributed by atoms with Crippen LogP contribution in [0.3, 0.4) is 0 Å². The molecule has 1 atom stereocenters. The fourth-order valence-electron chi connectivity index (χ4n) is 3.94. The molecule has 2 aliphatic heterocycles. The van der Waals surface area contributed by atoms with E-state index in [2.05, 4.69) is 47.7 Å². The molecule has 0 radical (unpaired) electrons. The fraction of sp³-hybridized carbons (Fsp3) is 0.714. The van der Waals surface area contributed by atoms with Gasteiger partial charge in [-0.05, 0) is 58.0 Å². The van der Waals surface area contributed by atoms with E-state index in [0.29, 0.717) is 18.7 Å². The minimum absolute atomic E-state index is 0.308. The van der Waals surface area contributed by atoms with Crippen molar-refractivity contribution in [1.82, 2.24) is 14.7 Å². The Labute approximate surface area is 158 Å². The third-order valence-corrected chi connectivity index (χ3v) is 5.88. The lowest BCUT2D eigenvalue weighted by molar-refractivity contribution is 0.0504. The van der Waals surface area contributed by atoms with Gasteiger partial charge in [-0.25, -0.2) is 0 Å². The van der Waals surface area contributed by atoms with Crippen LogP contribution >= 0.6 is 0 Å². The van der Waals surface area contributed by atoms with Gasteiger partial charge in [0.15, 0.2) is 0 Å². The van der Waals surface area contributed by atoms with Gasteiger partial charge in [-0.2, -0.15) is 0 Å². The van der Waals surface area contributed by atoms with E-state index in [1.807, 2.05) is 12.1 Å². The third kappa shape index (κ3) is 5.43. The Bertz CT molecular complexity index is 553. The summed E-state index contributed by atoms with van der Waals surface area (Å²) in [5.74, 6) is 0.840. The zero-order valence-electron chi connectivity index (χ0n) is 16.7. The molecule has 1 aromatic rings. The van der Waals surface area contributed by atoms with Crippen molar-refractivity contribution >= 4 is 0 Å². The van der Waals surface area contributed by atoms with E-state index in [-0.39, 0.29) is 0 Å². The smallest absolute Gasteiger partial charge is 0.119 e. The number of benzene rings is 1. The molecule has 2 fully saturated rings. The highest BCUT2D eigenvalue weighted by molar-refractivity contribution is 5.27. The van der Waals surface area contributed by atoms with Crippen molar-refractivity contribution in [3.05, 3.63) is 29.8 Å². The first-order valence-electron chi connectivity index (χ1n) is 9.98. The van der Waals surface area contributed by atoms with E-state index in [4.69, 9.17) is 4.74 Å². The van der Waals surface area contributed by atoms with Gasteiger partial charge in [0.1, 0.15) is 18.5 Å². The topological polar surface area (TPSA) is 39.2 Å². The summed E-state index contributed by atoms with van der Waals surface area (Å²) in [5.41, 5.74) is 1.63. The molecule has 0 amide bonds. The summed E-state index contributed by atoms with van der Waals surface area (Å²) >= 11 is 0. The number of β-amino-alcohol motifs (C(OH)–C–C–N with tert-alkyl or cyclic N) is 1. The minimum Gasteiger partial charge on any atom is -0.491 e. The Morgan fingerprint density at radius 1 is 1.08 bits per heavy atom. The maximum atomic E-state index is 10.2. The first-order chi connectivity index (χ1) is 12.4. The maximum Gasteiger partial charge on any atom is 0.119 e.